The molecule has 1 saturated heterocycles. The van der Waals surface area contributed by atoms with Crippen LogP contribution in [0, 0.1) is 0 Å². The number of amides is 1. The molecule has 1 fully saturated rings. The van der Waals surface area contributed by atoms with E-state index in [2.05, 4.69) is 12.2 Å². The molecular weight excluding hydrogens is 286 g/mol. The second-order valence-corrected chi connectivity index (χ2v) is 5.79. The van der Waals surface area contributed by atoms with Crippen molar-refractivity contribution in [2.75, 3.05) is 19.8 Å². The summed E-state index contributed by atoms with van der Waals surface area (Å²) in [5, 5.41) is 12.2. The average Bonchev–Trinajstić information content (AvgIpc) is 2.94. The Bertz CT molecular complexity index is 334. The fraction of sp³-hybridized carbons (Fsp3) is 0.875. The van der Waals surface area contributed by atoms with Gasteiger partial charge in [0.1, 0.15) is 18.8 Å². The van der Waals surface area contributed by atoms with Crippen LogP contribution in [-0.4, -0.2) is 48.9 Å². The van der Waals surface area contributed by atoms with Crippen molar-refractivity contribution in [1.82, 2.24) is 5.32 Å². The van der Waals surface area contributed by atoms with Gasteiger partial charge in [-0.05, 0) is 12.8 Å². The number of esters is 1. The van der Waals surface area contributed by atoms with Crippen LogP contribution in [0.15, 0.2) is 0 Å². The molecule has 128 valence electrons. The first-order valence-corrected chi connectivity index (χ1v) is 8.35. The molecule has 2 N–H and O–H groups in total. The smallest absolute Gasteiger partial charge is 0.328 e. The summed E-state index contributed by atoms with van der Waals surface area (Å²) in [5.74, 6) is -0.620. The number of hydrogen-bond acceptors (Lipinski definition) is 5. The molecule has 0 aromatic rings. The van der Waals surface area contributed by atoms with E-state index in [9.17, 15) is 14.7 Å². The summed E-state index contributed by atoms with van der Waals surface area (Å²) in [5.41, 5.74) is 0. The van der Waals surface area contributed by atoms with E-state index in [1.165, 1.54) is 25.7 Å². The largest absolute Gasteiger partial charge is 0.461 e. The lowest BCUT2D eigenvalue weighted by Crippen LogP contribution is -2.36. The van der Waals surface area contributed by atoms with Crippen molar-refractivity contribution in [3.8, 4) is 0 Å². The van der Waals surface area contributed by atoms with Crippen molar-refractivity contribution in [3.05, 3.63) is 0 Å². The van der Waals surface area contributed by atoms with E-state index >= 15 is 0 Å². The fourth-order valence-electron chi connectivity index (χ4n) is 2.32. The first-order chi connectivity index (χ1) is 10.6. The molecule has 0 aromatic carbocycles. The summed E-state index contributed by atoms with van der Waals surface area (Å²) in [4.78, 5) is 22.6. The normalized spacial score (nSPS) is 19.0. The minimum absolute atomic E-state index is 0.0955. The van der Waals surface area contributed by atoms with Crippen molar-refractivity contribution < 1.29 is 24.2 Å². The lowest BCUT2D eigenvalue weighted by molar-refractivity contribution is -0.150. The number of unbranched alkanes of at least 4 members (excludes halogenated alkanes) is 5. The molecule has 0 aromatic heterocycles. The van der Waals surface area contributed by atoms with Crippen molar-refractivity contribution in [3.63, 3.8) is 0 Å². The van der Waals surface area contributed by atoms with Crippen LogP contribution < -0.4 is 5.32 Å². The summed E-state index contributed by atoms with van der Waals surface area (Å²) in [6, 6.07) is -0.566. The number of ether oxygens (including phenoxy) is 2. The van der Waals surface area contributed by atoms with Gasteiger partial charge in [-0.25, -0.2) is 4.79 Å². The molecule has 2 unspecified atom stereocenters. The zero-order valence-electron chi connectivity index (χ0n) is 13.5. The molecule has 0 spiro atoms. The van der Waals surface area contributed by atoms with Gasteiger partial charge in [0.15, 0.2) is 0 Å². The van der Waals surface area contributed by atoms with Gasteiger partial charge in [0.25, 0.3) is 0 Å². The van der Waals surface area contributed by atoms with Gasteiger partial charge in [-0.3, -0.25) is 4.79 Å². The van der Waals surface area contributed by atoms with Gasteiger partial charge in [-0.2, -0.15) is 0 Å². The summed E-state index contributed by atoms with van der Waals surface area (Å²) in [6.07, 6.45) is 7.15. The maximum atomic E-state index is 11.6. The summed E-state index contributed by atoms with van der Waals surface area (Å²) >= 11 is 0. The molecule has 6 nitrogen and oxygen atoms in total. The third-order valence-corrected chi connectivity index (χ3v) is 3.65. The highest BCUT2D eigenvalue weighted by Crippen LogP contribution is 2.08. The monoisotopic (exact) mass is 315 g/mol. The van der Waals surface area contributed by atoms with E-state index < -0.39 is 18.1 Å². The van der Waals surface area contributed by atoms with Crippen molar-refractivity contribution in [2.45, 2.75) is 70.4 Å². The highest BCUT2D eigenvalue weighted by Gasteiger charge is 2.28. The zero-order chi connectivity index (χ0) is 16.2. The van der Waals surface area contributed by atoms with Crippen LogP contribution >= 0.6 is 0 Å². The molecule has 1 aliphatic rings. The maximum Gasteiger partial charge on any atom is 0.328 e. The molecule has 22 heavy (non-hydrogen) atoms. The van der Waals surface area contributed by atoms with Gasteiger partial charge in [0.2, 0.25) is 5.91 Å². The van der Waals surface area contributed by atoms with E-state index in [4.69, 9.17) is 9.47 Å². The Balaban J connectivity index is 1.94. The molecule has 6 heteroatoms. The van der Waals surface area contributed by atoms with E-state index in [-0.39, 0.29) is 19.1 Å². The highest BCUT2D eigenvalue weighted by atomic mass is 16.5. The molecule has 1 amide bonds. The number of hydrogen-bond donors (Lipinski definition) is 2. The first-order valence-electron chi connectivity index (χ1n) is 8.35. The second kappa shape index (κ2) is 11.4. The van der Waals surface area contributed by atoms with Gasteiger partial charge < -0.3 is 19.9 Å². The number of aliphatic hydroxyl groups is 1. The molecule has 0 bridgehead atoms. The number of nitrogens with one attached hydrogen (secondary N) is 1. The van der Waals surface area contributed by atoms with Crippen molar-refractivity contribution in [2.24, 2.45) is 0 Å². The van der Waals surface area contributed by atoms with E-state index in [0.29, 0.717) is 19.4 Å². The first kappa shape index (κ1) is 18.9. The number of carbonyl (C=O) groups excluding carboxylic acids is 2. The highest BCUT2D eigenvalue weighted by molar-refractivity contribution is 5.88. The van der Waals surface area contributed by atoms with Gasteiger partial charge in [0, 0.05) is 13.0 Å². The summed E-state index contributed by atoms with van der Waals surface area (Å²) in [7, 11) is 0. The lowest BCUT2D eigenvalue weighted by atomic mass is 10.1. The Labute approximate surface area is 132 Å². The topological polar surface area (TPSA) is 84.9 Å². The quantitative estimate of drug-likeness (QED) is 0.421. The van der Waals surface area contributed by atoms with Crippen LogP contribution in [-0.2, 0) is 19.1 Å². The molecule has 0 saturated carbocycles. The molecular formula is C16H29NO5. The summed E-state index contributed by atoms with van der Waals surface area (Å²) in [6.45, 7) is 2.88. The molecule has 1 rings (SSSR count). The van der Waals surface area contributed by atoms with Crippen LogP contribution in [0.25, 0.3) is 0 Å². The molecule has 0 aliphatic carbocycles. The number of rotatable bonds is 12. The Hall–Kier alpha value is -1.14. The Kier molecular flexibility index (Phi) is 9.82. The SMILES string of the molecule is CCCCCCCCOCC(O)COC(=O)C1CCC(=O)N1. The standard InChI is InChI=1S/C16H29NO5/c1-2-3-4-5-6-7-10-21-11-13(18)12-22-16(20)14-8-9-15(19)17-14/h13-14,18H,2-12H2,1H3,(H,17,19). The molecule has 1 heterocycles. The van der Waals surface area contributed by atoms with Gasteiger partial charge in [-0.1, -0.05) is 39.0 Å². The zero-order valence-corrected chi connectivity index (χ0v) is 13.5. The molecule has 0 radical (unpaired) electrons. The van der Waals surface area contributed by atoms with Crippen LogP contribution in [0.1, 0.15) is 58.3 Å². The van der Waals surface area contributed by atoms with Crippen LogP contribution in [0.5, 0.6) is 0 Å². The van der Waals surface area contributed by atoms with Gasteiger partial charge in [0.05, 0.1) is 6.61 Å². The minimum atomic E-state index is -0.818. The van der Waals surface area contributed by atoms with Crippen molar-refractivity contribution >= 4 is 11.9 Å². The van der Waals surface area contributed by atoms with Crippen LogP contribution in [0.4, 0.5) is 0 Å². The van der Waals surface area contributed by atoms with E-state index in [1.807, 2.05) is 0 Å². The average molecular weight is 315 g/mol. The Morgan fingerprint density at radius 3 is 2.68 bits per heavy atom. The number of aliphatic hydroxyl groups excluding tert-OH is 1. The number of carbonyl (C=O) groups is 2. The minimum Gasteiger partial charge on any atom is -0.461 e. The predicted octanol–water partition coefficient (Wildman–Crippen LogP) is 1.55. The molecule has 2 atom stereocenters. The van der Waals surface area contributed by atoms with Gasteiger partial charge in [-0.15, -0.1) is 0 Å². The summed E-state index contributed by atoms with van der Waals surface area (Å²) < 4.78 is 10.3. The van der Waals surface area contributed by atoms with Crippen molar-refractivity contribution in [1.29, 1.82) is 0 Å². The second-order valence-electron chi connectivity index (χ2n) is 5.79. The maximum absolute atomic E-state index is 11.6. The van der Waals surface area contributed by atoms with Gasteiger partial charge >= 0.3 is 5.97 Å². The Morgan fingerprint density at radius 2 is 2.00 bits per heavy atom. The third kappa shape index (κ3) is 8.34. The predicted molar refractivity (Wildman–Crippen MR) is 82.3 cm³/mol. The third-order valence-electron chi connectivity index (χ3n) is 3.65. The Morgan fingerprint density at radius 1 is 1.27 bits per heavy atom. The van der Waals surface area contributed by atoms with E-state index in [0.717, 1.165) is 12.8 Å². The molecule has 1 aliphatic heterocycles. The fourth-order valence-corrected chi connectivity index (χ4v) is 2.32. The van der Waals surface area contributed by atoms with Crippen LogP contribution in [0.3, 0.4) is 0 Å². The lowest BCUT2D eigenvalue weighted by Gasteiger charge is -2.14. The van der Waals surface area contributed by atoms with E-state index in [1.54, 1.807) is 0 Å². The van der Waals surface area contributed by atoms with Crippen LogP contribution in [0.2, 0.25) is 0 Å².